The highest BCUT2D eigenvalue weighted by Crippen LogP contribution is 2.16. The number of carbonyl (C=O) groups is 1. The third kappa shape index (κ3) is 3.40. The van der Waals surface area contributed by atoms with E-state index in [1.54, 1.807) is 47.5 Å². The van der Waals surface area contributed by atoms with Gasteiger partial charge in [-0.05, 0) is 35.9 Å². The highest BCUT2D eigenvalue weighted by molar-refractivity contribution is 5.94. The number of halogens is 1. The second kappa shape index (κ2) is 6.91. The summed E-state index contributed by atoms with van der Waals surface area (Å²) in [7, 11) is 1.44. The molecule has 0 spiro atoms. The molecule has 1 aromatic carbocycles. The topological polar surface area (TPSA) is 69.0 Å². The SMILES string of the molecule is COc1ccc(C(=O)NCc2ccnc(-n3cccn3)c2)c(F)c1. The van der Waals surface area contributed by atoms with Gasteiger partial charge in [-0.3, -0.25) is 4.79 Å². The Bertz CT molecular complexity index is 850. The average Bonchev–Trinajstić information content (AvgIpc) is 3.14. The van der Waals surface area contributed by atoms with Crippen molar-refractivity contribution in [2.45, 2.75) is 6.54 Å². The van der Waals surface area contributed by atoms with Crippen molar-refractivity contribution in [2.75, 3.05) is 7.11 Å². The van der Waals surface area contributed by atoms with E-state index in [4.69, 9.17) is 4.74 Å². The number of benzene rings is 1. The second-order valence-electron chi connectivity index (χ2n) is 5.00. The van der Waals surface area contributed by atoms with Gasteiger partial charge in [-0.2, -0.15) is 5.10 Å². The summed E-state index contributed by atoms with van der Waals surface area (Å²) >= 11 is 0. The number of nitrogens with zero attached hydrogens (tertiary/aromatic N) is 3. The zero-order chi connectivity index (χ0) is 16.9. The molecule has 0 radical (unpaired) electrons. The molecule has 0 aliphatic heterocycles. The molecule has 1 amide bonds. The van der Waals surface area contributed by atoms with Crippen LogP contribution in [0.2, 0.25) is 0 Å². The molecule has 24 heavy (non-hydrogen) atoms. The van der Waals surface area contributed by atoms with Gasteiger partial charge in [0.1, 0.15) is 11.6 Å². The van der Waals surface area contributed by atoms with E-state index < -0.39 is 11.7 Å². The lowest BCUT2D eigenvalue weighted by Crippen LogP contribution is -2.24. The number of aromatic nitrogens is 3. The highest BCUT2D eigenvalue weighted by atomic mass is 19.1. The molecule has 3 rings (SSSR count). The lowest BCUT2D eigenvalue weighted by atomic mass is 10.2. The number of methoxy groups -OCH3 is 1. The Hall–Kier alpha value is -3.22. The Balaban J connectivity index is 1.69. The van der Waals surface area contributed by atoms with Crippen molar-refractivity contribution in [3.8, 4) is 11.6 Å². The van der Waals surface area contributed by atoms with Crippen LogP contribution in [0.4, 0.5) is 4.39 Å². The highest BCUT2D eigenvalue weighted by Gasteiger charge is 2.12. The minimum atomic E-state index is -0.626. The lowest BCUT2D eigenvalue weighted by molar-refractivity contribution is 0.0947. The molecule has 0 aliphatic rings. The Morgan fingerprint density at radius 2 is 2.17 bits per heavy atom. The minimum Gasteiger partial charge on any atom is -0.497 e. The number of hydrogen-bond acceptors (Lipinski definition) is 4. The van der Waals surface area contributed by atoms with Gasteiger partial charge in [0.25, 0.3) is 5.91 Å². The van der Waals surface area contributed by atoms with Crippen molar-refractivity contribution < 1.29 is 13.9 Å². The molecule has 3 aromatic rings. The van der Waals surface area contributed by atoms with Crippen molar-refractivity contribution in [1.29, 1.82) is 0 Å². The predicted octanol–water partition coefficient (Wildman–Crippen LogP) is 2.35. The Morgan fingerprint density at radius 3 is 2.88 bits per heavy atom. The van der Waals surface area contributed by atoms with E-state index in [0.29, 0.717) is 11.6 Å². The van der Waals surface area contributed by atoms with Crippen LogP contribution < -0.4 is 10.1 Å². The van der Waals surface area contributed by atoms with Gasteiger partial charge in [-0.25, -0.2) is 14.1 Å². The molecule has 122 valence electrons. The number of nitrogens with one attached hydrogen (secondary N) is 1. The molecule has 0 aliphatic carbocycles. The van der Waals surface area contributed by atoms with Crippen LogP contribution in [-0.4, -0.2) is 27.8 Å². The lowest BCUT2D eigenvalue weighted by Gasteiger charge is -2.08. The van der Waals surface area contributed by atoms with Crippen LogP contribution in [0.15, 0.2) is 55.0 Å². The van der Waals surface area contributed by atoms with Crippen molar-refractivity contribution in [3.63, 3.8) is 0 Å². The first-order chi connectivity index (χ1) is 11.7. The fourth-order valence-electron chi connectivity index (χ4n) is 2.18. The van der Waals surface area contributed by atoms with E-state index >= 15 is 0 Å². The first kappa shape index (κ1) is 15.7. The summed E-state index contributed by atoms with van der Waals surface area (Å²) in [5.41, 5.74) is 0.801. The van der Waals surface area contributed by atoms with E-state index in [0.717, 1.165) is 5.56 Å². The van der Waals surface area contributed by atoms with Crippen molar-refractivity contribution in [3.05, 3.63) is 71.9 Å². The van der Waals surface area contributed by atoms with E-state index in [-0.39, 0.29) is 12.1 Å². The largest absolute Gasteiger partial charge is 0.497 e. The molecule has 2 heterocycles. The summed E-state index contributed by atoms with van der Waals surface area (Å²) in [6.45, 7) is 0.251. The first-order valence-electron chi connectivity index (χ1n) is 7.24. The maximum absolute atomic E-state index is 13.9. The van der Waals surface area contributed by atoms with Crippen molar-refractivity contribution >= 4 is 5.91 Å². The summed E-state index contributed by atoms with van der Waals surface area (Å²) in [6.07, 6.45) is 5.06. The Kier molecular flexibility index (Phi) is 4.51. The maximum Gasteiger partial charge on any atom is 0.254 e. The van der Waals surface area contributed by atoms with E-state index in [9.17, 15) is 9.18 Å². The standard InChI is InChI=1S/C17H15FN4O2/c1-24-13-3-4-14(15(18)10-13)17(23)20-11-12-5-7-19-16(9-12)22-8-2-6-21-22/h2-10H,11H2,1H3,(H,20,23). The van der Waals surface area contributed by atoms with Crippen LogP contribution in [-0.2, 0) is 6.54 Å². The average molecular weight is 326 g/mol. The number of hydrogen-bond donors (Lipinski definition) is 1. The van der Waals surface area contributed by atoms with Crippen LogP contribution in [0.25, 0.3) is 5.82 Å². The monoisotopic (exact) mass is 326 g/mol. The van der Waals surface area contributed by atoms with Crippen LogP contribution in [0, 0.1) is 5.82 Å². The number of amides is 1. The molecule has 0 unspecified atom stereocenters. The first-order valence-corrected chi connectivity index (χ1v) is 7.24. The van der Waals surface area contributed by atoms with Gasteiger partial charge in [-0.15, -0.1) is 0 Å². The van der Waals surface area contributed by atoms with Gasteiger partial charge < -0.3 is 10.1 Å². The summed E-state index contributed by atoms with van der Waals surface area (Å²) in [4.78, 5) is 16.3. The zero-order valence-corrected chi connectivity index (χ0v) is 12.9. The van der Waals surface area contributed by atoms with Gasteiger partial charge >= 0.3 is 0 Å². The number of carbonyl (C=O) groups excluding carboxylic acids is 1. The second-order valence-corrected chi connectivity index (χ2v) is 5.00. The minimum absolute atomic E-state index is 0.0304. The summed E-state index contributed by atoms with van der Waals surface area (Å²) in [5, 5.41) is 6.79. The maximum atomic E-state index is 13.9. The summed E-state index contributed by atoms with van der Waals surface area (Å²) < 4.78 is 20.4. The smallest absolute Gasteiger partial charge is 0.254 e. The molecule has 6 nitrogen and oxygen atoms in total. The van der Waals surface area contributed by atoms with Gasteiger partial charge in [0, 0.05) is 31.2 Å². The fraction of sp³-hybridized carbons (Fsp3) is 0.118. The van der Waals surface area contributed by atoms with Crippen LogP contribution in [0.5, 0.6) is 5.75 Å². The summed E-state index contributed by atoms with van der Waals surface area (Å²) in [5.74, 6) is -0.115. The molecular weight excluding hydrogens is 311 g/mol. The third-order valence-corrected chi connectivity index (χ3v) is 3.42. The zero-order valence-electron chi connectivity index (χ0n) is 12.9. The quantitative estimate of drug-likeness (QED) is 0.781. The molecule has 0 saturated heterocycles. The van der Waals surface area contributed by atoms with E-state index in [2.05, 4.69) is 15.4 Å². The molecule has 2 aromatic heterocycles. The molecule has 0 saturated carbocycles. The van der Waals surface area contributed by atoms with Crippen LogP contribution in [0.3, 0.4) is 0 Å². The number of ether oxygens (including phenoxy) is 1. The van der Waals surface area contributed by atoms with E-state index in [1.165, 1.54) is 19.2 Å². The Morgan fingerprint density at radius 1 is 1.29 bits per heavy atom. The van der Waals surface area contributed by atoms with Crippen LogP contribution in [0.1, 0.15) is 15.9 Å². The molecule has 0 atom stereocenters. The van der Waals surface area contributed by atoms with E-state index in [1.807, 2.05) is 0 Å². The summed E-state index contributed by atoms with van der Waals surface area (Å²) in [6, 6.07) is 9.49. The van der Waals surface area contributed by atoms with Gasteiger partial charge in [-0.1, -0.05) is 0 Å². The van der Waals surface area contributed by atoms with Crippen LogP contribution >= 0.6 is 0 Å². The molecule has 0 bridgehead atoms. The number of rotatable bonds is 5. The van der Waals surface area contributed by atoms with Gasteiger partial charge in [0.15, 0.2) is 5.82 Å². The van der Waals surface area contributed by atoms with Crippen molar-refractivity contribution in [1.82, 2.24) is 20.1 Å². The third-order valence-electron chi connectivity index (χ3n) is 3.42. The normalized spacial score (nSPS) is 10.4. The van der Waals surface area contributed by atoms with Crippen molar-refractivity contribution in [2.24, 2.45) is 0 Å². The van der Waals surface area contributed by atoms with Gasteiger partial charge in [0.2, 0.25) is 0 Å². The molecule has 0 fully saturated rings. The molecular formula is C17H15FN4O2. The molecule has 7 heteroatoms. The Labute approximate surface area is 137 Å². The number of pyridine rings is 1. The predicted molar refractivity (Wildman–Crippen MR) is 85.5 cm³/mol. The fourth-order valence-corrected chi connectivity index (χ4v) is 2.18. The van der Waals surface area contributed by atoms with Gasteiger partial charge in [0.05, 0.1) is 12.7 Å². The molecule has 1 N–H and O–H groups in total.